The molecule has 4 aromatic carbocycles. The van der Waals surface area contributed by atoms with E-state index in [1.165, 1.54) is 61.7 Å². The molecular formula is C25H22S2. The summed E-state index contributed by atoms with van der Waals surface area (Å²) in [6.45, 7) is 0. The molecule has 27 heavy (non-hydrogen) atoms. The first-order valence-corrected chi connectivity index (χ1v) is 11.9. The molecule has 0 radical (unpaired) electrons. The maximum Gasteiger partial charge on any atom is 0.0190 e. The van der Waals surface area contributed by atoms with Gasteiger partial charge in [-0.1, -0.05) is 72.8 Å². The van der Waals surface area contributed by atoms with Crippen LogP contribution in [0.5, 0.6) is 0 Å². The first kappa shape index (κ1) is 17.2. The predicted octanol–water partition coefficient (Wildman–Crippen LogP) is 7.53. The molecule has 0 amide bonds. The van der Waals surface area contributed by atoms with E-state index in [2.05, 4.69) is 96.3 Å². The molecule has 0 atom stereocenters. The minimum absolute atomic E-state index is 1.09. The zero-order valence-corrected chi connectivity index (χ0v) is 16.9. The van der Waals surface area contributed by atoms with Gasteiger partial charge < -0.3 is 0 Å². The largest absolute Gasteiger partial charge is 0.157 e. The van der Waals surface area contributed by atoms with Gasteiger partial charge in [0.15, 0.2) is 0 Å². The first-order chi connectivity index (χ1) is 13.4. The molecule has 0 nitrogen and oxygen atoms in total. The van der Waals surface area contributed by atoms with E-state index in [0.29, 0.717) is 0 Å². The van der Waals surface area contributed by atoms with Gasteiger partial charge in [-0.25, -0.2) is 0 Å². The summed E-state index contributed by atoms with van der Waals surface area (Å²) >= 11 is 4.16. The number of benzene rings is 4. The summed E-state index contributed by atoms with van der Waals surface area (Å²) < 4.78 is 0. The van der Waals surface area contributed by atoms with E-state index in [0.717, 1.165) is 11.5 Å². The van der Waals surface area contributed by atoms with Gasteiger partial charge >= 0.3 is 0 Å². The van der Waals surface area contributed by atoms with Gasteiger partial charge in [0.25, 0.3) is 0 Å². The highest BCUT2D eigenvalue weighted by Crippen LogP contribution is 2.41. The van der Waals surface area contributed by atoms with Crippen LogP contribution in [-0.2, 0) is 11.5 Å². The lowest BCUT2D eigenvalue weighted by Gasteiger charge is -2.19. The first-order valence-electron chi connectivity index (χ1n) is 9.59. The summed E-state index contributed by atoms with van der Waals surface area (Å²) in [7, 11) is 0. The van der Waals surface area contributed by atoms with Crippen LogP contribution in [0.1, 0.15) is 17.5 Å². The highest BCUT2D eigenvalue weighted by Gasteiger charge is 2.17. The summed E-state index contributed by atoms with van der Waals surface area (Å²) in [5.41, 5.74) is 5.86. The molecular weight excluding hydrogens is 364 g/mol. The van der Waals surface area contributed by atoms with Crippen LogP contribution in [-0.4, -0.2) is 11.5 Å². The Morgan fingerprint density at radius 1 is 0.519 bits per heavy atom. The topological polar surface area (TPSA) is 0 Å². The van der Waals surface area contributed by atoms with E-state index in [-0.39, 0.29) is 0 Å². The molecule has 1 heterocycles. The second-order valence-electron chi connectivity index (χ2n) is 7.10. The zero-order valence-electron chi connectivity index (χ0n) is 15.3. The van der Waals surface area contributed by atoms with Crippen molar-refractivity contribution >= 4 is 45.1 Å². The normalized spacial score (nSPS) is 15.1. The second kappa shape index (κ2) is 7.61. The van der Waals surface area contributed by atoms with Gasteiger partial charge in [-0.3, -0.25) is 0 Å². The van der Waals surface area contributed by atoms with Crippen molar-refractivity contribution in [1.82, 2.24) is 0 Å². The van der Waals surface area contributed by atoms with Crippen LogP contribution < -0.4 is 0 Å². The maximum absolute atomic E-state index is 2.36. The number of hydrogen-bond acceptors (Lipinski definition) is 2. The van der Waals surface area contributed by atoms with Crippen molar-refractivity contribution in [2.24, 2.45) is 0 Å². The van der Waals surface area contributed by atoms with Crippen LogP contribution in [0.25, 0.3) is 32.7 Å². The molecule has 0 bridgehead atoms. The fourth-order valence-electron chi connectivity index (χ4n) is 4.09. The summed E-state index contributed by atoms with van der Waals surface area (Å²) in [5, 5.41) is 5.44. The van der Waals surface area contributed by atoms with Crippen molar-refractivity contribution in [3.63, 3.8) is 0 Å². The van der Waals surface area contributed by atoms with Gasteiger partial charge in [0.2, 0.25) is 0 Å². The predicted molar refractivity (Wildman–Crippen MR) is 124 cm³/mol. The molecule has 0 spiro atoms. The minimum atomic E-state index is 1.09. The fraction of sp³-hybridized carbons (Fsp3) is 0.200. The van der Waals surface area contributed by atoms with Gasteiger partial charge in [-0.05, 0) is 61.7 Å². The molecule has 0 unspecified atom stereocenters. The van der Waals surface area contributed by atoms with Crippen molar-refractivity contribution in [3.05, 3.63) is 83.9 Å². The van der Waals surface area contributed by atoms with Gasteiger partial charge in [0.1, 0.15) is 0 Å². The van der Waals surface area contributed by atoms with Crippen LogP contribution in [0.3, 0.4) is 0 Å². The van der Waals surface area contributed by atoms with E-state index in [4.69, 9.17) is 0 Å². The Hall–Kier alpha value is -1.90. The smallest absolute Gasteiger partial charge is 0.0190 e. The van der Waals surface area contributed by atoms with Crippen molar-refractivity contribution in [3.8, 4) is 11.1 Å². The summed E-state index contributed by atoms with van der Waals surface area (Å²) in [5.74, 6) is 4.67. The molecule has 0 saturated heterocycles. The molecule has 1 aliphatic heterocycles. The van der Waals surface area contributed by atoms with E-state index < -0.39 is 0 Å². The SMILES string of the molecule is c1ccc2c3c(ccc2c1)CSCCCSCc1ccc2ccccc2c1-3. The Kier molecular flexibility index (Phi) is 4.85. The standard InChI is InChI=1S/C25H22S2/c1-3-8-22-18(6-1)10-12-20-16-26-14-5-15-27-17-21-13-11-19-7-2-4-9-23(19)25(21)24(20)22/h1-4,6-13H,5,14-17H2. The lowest BCUT2D eigenvalue weighted by atomic mass is 9.88. The Balaban J connectivity index is 1.90. The molecule has 0 N–H and O–H groups in total. The van der Waals surface area contributed by atoms with Crippen LogP contribution in [0.2, 0.25) is 0 Å². The van der Waals surface area contributed by atoms with E-state index in [1.54, 1.807) is 0 Å². The Bertz CT molecular complexity index is 1020. The van der Waals surface area contributed by atoms with Crippen LogP contribution in [0.4, 0.5) is 0 Å². The van der Waals surface area contributed by atoms with E-state index in [9.17, 15) is 0 Å². The molecule has 0 saturated carbocycles. The van der Waals surface area contributed by atoms with Gasteiger partial charge in [0, 0.05) is 11.5 Å². The third kappa shape index (κ3) is 3.26. The second-order valence-corrected chi connectivity index (χ2v) is 9.31. The highest BCUT2D eigenvalue weighted by atomic mass is 32.2. The minimum Gasteiger partial charge on any atom is -0.157 e. The zero-order chi connectivity index (χ0) is 18.1. The molecule has 0 fully saturated rings. The molecule has 4 aromatic rings. The number of hydrogen-bond donors (Lipinski definition) is 0. The molecule has 2 heteroatoms. The van der Waals surface area contributed by atoms with Crippen molar-refractivity contribution in [1.29, 1.82) is 0 Å². The fourth-order valence-corrected chi connectivity index (χ4v) is 6.18. The Morgan fingerprint density at radius 3 is 1.52 bits per heavy atom. The maximum atomic E-state index is 2.36. The van der Waals surface area contributed by atoms with Crippen molar-refractivity contribution in [2.75, 3.05) is 11.5 Å². The summed E-state index contributed by atoms with van der Waals surface area (Å²) in [4.78, 5) is 0. The molecule has 0 aromatic heterocycles. The lowest BCUT2D eigenvalue weighted by molar-refractivity contribution is 1.12. The average molecular weight is 387 g/mol. The number of rotatable bonds is 0. The van der Waals surface area contributed by atoms with Crippen molar-refractivity contribution < 1.29 is 0 Å². The van der Waals surface area contributed by atoms with Gasteiger partial charge in [0.05, 0.1) is 0 Å². The monoisotopic (exact) mass is 386 g/mol. The van der Waals surface area contributed by atoms with Crippen LogP contribution in [0, 0.1) is 0 Å². The Labute approximate surface area is 169 Å². The Morgan fingerprint density at radius 2 is 1.00 bits per heavy atom. The third-order valence-corrected chi connectivity index (χ3v) is 7.56. The van der Waals surface area contributed by atoms with Crippen molar-refractivity contribution in [2.45, 2.75) is 17.9 Å². The molecule has 0 aliphatic carbocycles. The average Bonchev–Trinajstić information content (AvgIpc) is 2.76. The van der Waals surface area contributed by atoms with E-state index in [1.807, 2.05) is 0 Å². The van der Waals surface area contributed by atoms with Gasteiger partial charge in [-0.2, -0.15) is 23.5 Å². The van der Waals surface area contributed by atoms with E-state index >= 15 is 0 Å². The van der Waals surface area contributed by atoms with Crippen LogP contribution >= 0.6 is 23.5 Å². The third-order valence-electron chi connectivity index (χ3n) is 5.37. The number of thioether (sulfide) groups is 2. The molecule has 5 rings (SSSR count). The van der Waals surface area contributed by atoms with Crippen LogP contribution in [0.15, 0.2) is 72.8 Å². The quantitative estimate of drug-likeness (QED) is 0.306. The van der Waals surface area contributed by atoms with Gasteiger partial charge in [-0.15, -0.1) is 0 Å². The summed E-state index contributed by atoms with van der Waals surface area (Å²) in [6.07, 6.45) is 1.29. The highest BCUT2D eigenvalue weighted by molar-refractivity contribution is 7.99. The number of fused-ring (bicyclic) bond motifs is 7. The summed E-state index contributed by atoms with van der Waals surface area (Å²) in [6, 6.07) is 27.1. The molecule has 1 aliphatic rings. The lowest BCUT2D eigenvalue weighted by Crippen LogP contribution is -1.96. The molecule has 134 valence electrons.